The zero-order valence-electron chi connectivity index (χ0n) is 11.3. The largest absolute Gasteiger partial charge is 0.476 e. The lowest BCUT2D eigenvalue weighted by molar-refractivity contribution is 0.0690. The van der Waals surface area contributed by atoms with Gasteiger partial charge < -0.3 is 5.11 Å². The van der Waals surface area contributed by atoms with Crippen LogP contribution in [0.15, 0.2) is 18.3 Å². The summed E-state index contributed by atoms with van der Waals surface area (Å²) in [4.78, 5) is 15.2. The first-order chi connectivity index (χ1) is 9.49. The van der Waals surface area contributed by atoms with Crippen LogP contribution in [-0.2, 0) is 7.05 Å². The standard InChI is InChI=1S/C13H13N5O2/c1-7-12(8(2)17(3)15-7)10-4-5-14-11-6-9(13(19)20)16-18(10)11/h4-6H,1-3H3,(H,19,20). The third-order valence-corrected chi connectivity index (χ3v) is 3.34. The Labute approximate surface area is 114 Å². The molecule has 102 valence electrons. The minimum absolute atomic E-state index is 0.0239. The molecule has 0 amide bonds. The second kappa shape index (κ2) is 4.16. The van der Waals surface area contributed by atoms with E-state index in [-0.39, 0.29) is 5.69 Å². The van der Waals surface area contributed by atoms with E-state index >= 15 is 0 Å². The summed E-state index contributed by atoms with van der Waals surface area (Å²) in [6.45, 7) is 3.87. The Balaban J connectivity index is 2.33. The van der Waals surface area contributed by atoms with Gasteiger partial charge in [-0.25, -0.2) is 14.3 Å². The molecule has 0 saturated heterocycles. The van der Waals surface area contributed by atoms with E-state index in [1.807, 2.05) is 27.0 Å². The van der Waals surface area contributed by atoms with Crippen LogP contribution in [0.4, 0.5) is 0 Å². The molecule has 0 fully saturated rings. The van der Waals surface area contributed by atoms with E-state index in [4.69, 9.17) is 5.11 Å². The molecular weight excluding hydrogens is 258 g/mol. The molecule has 0 aliphatic carbocycles. The number of carboxylic acid groups (broad SMARTS) is 1. The predicted molar refractivity (Wildman–Crippen MR) is 71.6 cm³/mol. The van der Waals surface area contributed by atoms with E-state index in [0.29, 0.717) is 5.65 Å². The third kappa shape index (κ3) is 1.67. The highest BCUT2D eigenvalue weighted by Crippen LogP contribution is 2.26. The summed E-state index contributed by atoms with van der Waals surface area (Å²) in [5.74, 6) is -1.07. The van der Waals surface area contributed by atoms with Crippen molar-refractivity contribution in [1.82, 2.24) is 24.4 Å². The van der Waals surface area contributed by atoms with E-state index in [1.165, 1.54) is 6.07 Å². The molecule has 0 aromatic carbocycles. The van der Waals surface area contributed by atoms with Gasteiger partial charge in [0.25, 0.3) is 0 Å². The van der Waals surface area contributed by atoms with Gasteiger partial charge in [0.15, 0.2) is 11.3 Å². The lowest BCUT2D eigenvalue weighted by atomic mass is 10.1. The Morgan fingerprint density at radius 1 is 1.30 bits per heavy atom. The molecule has 0 saturated carbocycles. The fraction of sp³-hybridized carbons (Fsp3) is 0.231. The molecule has 0 aliphatic heterocycles. The maximum atomic E-state index is 11.0. The molecule has 7 heteroatoms. The first-order valence-electron chi connectivity index (χ1n) is 6.07. The molecule has 0 aliphatic rings. The van der Waals surface area contributed by atoms with Crippen molar-refractivity contribution in [3.8, 4) is 11.3 Å². The highest BCUT2D eigenvalue weighted by Gasteiger charge is 2.17. The summed E-state index contributed by atoms with van der Waals surface area (Å²) in [7, 11) is 1.87. The number of hydrogen-bond donors (Lipinski definition) is 1. The fourth-order valence-electron chi connectivity index (χ4n) is 2.33. The minimum atomic E-state index is -1.07. The van der Waals surface area contributed by atoms with Gasteiger partial charge in [-0.1, -0.05) is 0 Å². The molecule has 1 N–H and O–H groups in total. The quantitative estimate of drug-likeness (QED) is 0.762. The van der Waals surface area contributed by atoms with Gasteiger partial charge in [-0.05, 0) is 19.9 Å². The van der Waals surface area contributed by atoms with Gasteiger partial charge in [-0.2, -0.15) is 10.2 Å². The molecule has 0 atom stereocenters. The lowest BCUT2D eigenvalue weighted by Gasteiger charge is -2.04. The lowest BCUT2D eigenvalue weighted by Crippen LogP contribution is -2.01. The van der Waals surface area contributed by atoms with Crippen molar-refractivity contribution in [2.75, 3.05) is 0 Å². The number of fused-ring (bicyclic) bond motifs is 1. The number of carbonyl (C=O) groups is 1. The summed E-state index contributed by atoms with van der Waals surface area (Å²) in [5, 5.41) is 17.5. The van der Waals surface area contributed by atoms with Crippen LogP contribution in [0.2, 0.25) is 0 Å². The fourth-order valence-corrected chi connectivity index (χ4v) is 2.33. The number of aromatic carboxylic acids is 1. The minimum Gasteiger partial charge on any atom is -0.476 e. The van der Waals surface area contributed by atoms with Crippen molar-refractivity contribution in [1.29, 1.82) is 0 Å². The molecule has 0 spiro atoms. The van der Waals surface area contributed by atoms with Crippen molar-refractivity contribution < 1.29 is 9.90 Å². The Morgan fingerprint density at radius 3 is 2.65 bits per heavy atom. The van der Waals surface area contributed by atoms with Crippen LogP contribution in [0.25, 0.3) is 16.9 Å². The Hall–Kier alpha value is -2.70. The number of rotatable bonds is 2. The first-order valence-corrected chi connectivity index (χ1v) is 6.07. The van der Waals surface area contributed by atoms with Crippen molar-refractivity contribution in [3.05, 3.63) is 35.4 Å². The third-order valence-electron chi connectivity index (χ3n) is 3.34. The summed E-state index contributed by atoms with van der Waals surface area (Å²) in [6, 6.07) is 3.26. The van der Waals surface area contributed by atoms with E-state index in [0.717, 1.165) is 22.6 Å². The molecule has 3 heterocycles. The number of aryl methyl sites for hydroxylation is 2. The average Bonchev–Trinajstić information content (AvgIpc) is 2.92. The predicted octanol–water partition coefficient (Wildman–Crippen LogP) is 1.44. The first kappa shape index (κ1) is 12.3. The van der Waals surface area contributed by atoms with E-state index in [1.54, 1.807) is 15.4 Å². The van der Waals surface area contributed by atoms with Gasteiger partial charge in [0.1, 0.15) is 0 Å². The Morgan fingerprint density at radius 2 is 2.05 bits per heavy atom. The van der Waals surface area contributed by atoms with Crippen molar-refractivity contribution in [2.24, 2.45) is 7.05 Å². The molecule has 0 bridgehead atoms. The van der Waals surface area contributed by atoms with Crippen LogP contribution < -0.4 is 0 Å². The highest BCUT2D eigenvalue weighted by atomic mass is 16.4. The Bertz CT molecular complexity index is 831. The molecular formula is C13H13N5O2. The Kier molecular flexibility index (Phi) is 2.56. The summed E-state index contributed by atoms with van der Waals surface area (Å²) >= 11 is 0. The van der Waals surface area contributed by atoms with Crippen LogP contribution in [0.1, 0.15) is 21.9 Å². The topological polar surface area (TPSA) is 85.3 Å². The monoisotopic (exact) mass is 271 g/mol. The smallest absolute Gasteiger partial charge is 0.356 e. The summed E-state index contributed by atoms with van der Waals surface area (Å²) < 4.78 is 3.33. The number of hydrogen-bond acceptors (Lipinski definition) is 4. The van der Waals surface area contributed by atoms with Gasteiger partial charge in [-0.15, -0.1) is 0 Å². The summed E-state index contributed by atoms with van der Waals surface area (Å²) in [5.41, 5.74) is 4.06. The van der Waals surface area contributed by atoms with Crippen molar-refractivity contribution in [3.63, 3.8) is 0 Å². The molecule has 3 aromatic heterocycles. The molecule has 3 aromatic rings. The van der Waals surface area contributed by atoms with Crippen molar-refractivity contribution >= 4 is 11.6 Å². The number of aromatic nitrogens is 5. The van der Waals surface area contributed by atoms with Crippen LogP contribution >= 0.6 is 0 Å². The van der Waals surface area contributed by atoms with Crippen molar-refractivity contribution in [2.45, 2.75) is 13.8 Å². The second-order valence-electron chi connectivity index (χ2n) is 4.60. The van der Waals surface area contributed by atoms with E-state index < -0.39 is 5.97 Å². The molecule has 3 rings (SSSR count). The van der Waals surface area contributed by atoms with Gasteiger partial charge >= 0.3 is 5.97 Å². The zero-order valence-corrected chi connectivity index (χ0v) is 11.3. The van der Waals surface area contributed by atoms with Crippen LogP contribution in [0.3, 0.4) is 0 Å². The maximum Gasteiger partial charge on any atom is 0.356 e. The molecule has 0 unspecified atom stereocenters. The highest BCUT2D eigenvalue weighted by molar-refractivity contribution is 5.87. The molecule has 0 radical (unpaired) electrons. The molecule has 20 heavy (non-hydrogen) atoms. The van der Waals surface area contributed by atoms with Gasteiger partial charge in [-0.3, -0.25) is 4.68 Å². The van der Waals surface area contributed by atoms with Crippen LogP contribution in [-0.4, -0.2) is 35.5 Å². The van der Waals surface area contributed by atoms with Crippen LogP contribution in [0.5, 0.6) is 0 Å². The van der Waals surface area contributed by atoms with Gasteiger partial charge in [0.05, 0.1) is 11.4 Å². The number of nitrogens with zero attached hydrogens (tertiary/aromatic N) is 5. The average molecular weight is 271 g/mol. The van der Waals surface area contributed by atoms with Gasteiger partial charge in [0.2, 0.25) is 0 Å². The SMILES string of the molecule is Cc1nn(C)c(C)c1-c1ccnc2cc(C(=O)O)nn12. The normalized spacial score (nSPS) is 11.2. The summed E-state index contributed by atoms with van der Waals surface area (Å²) in [6.07, 6.45) is 1.64. The van der Waals surface area contributed by atoms with E-state index in [2.05, 4.69) is 15.2 Å². The second-order valence-corrected chi connectivity index (χ2v) is 4.60. The zero-order chi connectivity index (χ0) is 14.4. The maximum absolute atomic E-state index is 11.0. The molecule has 7 nitrogen and oxygen atoms in total. The van der Waals surface area contributed by atoms with E-state index in [9.17, 15) is 4.79 Å². The number of carboxylic acids is 1. The van der Waals surface area contributed by atoms with Gasteiger partial charge in [0, 0.05) is 30.6 Å². The van der Waals surface area contributed by atoms with Crippen LogP contribution in [0, 0.1) is 13.8 Å².